The Morgan fingerprint density at radius 3 is 0.899 bits per heavy atom. The Labute approximate surface area is 427 Å². The van der Waals surface area contributed by atoms with Crippen LogP contribution in [0.15, 0.2) is 72.9 Å². The van der Waals surface area contributed by atoms with Gasteiger partial charge in [-0.3, -0.25) is 14.4 Å². The van der Waals surface area contributed by atoms with Crippen LogP contribution in [-0.4, -0.2) is 37.2 Å². The largest absolute Gasteiger partial charge is 0.462 e. The Morgan fingerprint density at radius 2 is 0.565 bits per heavy atom. The van der Waals surface area contributed by atoms with Crippen LogP contribution in [0.3, 0.4) is 0 Å². The highest BCUT2D eigenvalue weighted by Crippen LogP contribution is 2.16. The Hall–Kier alpha value is -3.15. The molecule has 0 saturated heterocycles. The van der Waals surface area contributed by atoms with E-state index in [4.69, 9.17) is 14.2 Å². The molecule has 0 spiro atoms. The highest BCUT2D eigenvalue weighted by atomic mass is 16.6. The van der Waals surface area contributed by atoms with Crippen molar-refractivity contribution in [2.75, 3.05) is 13.2 Å². The number of hydrogen-bond donors (Lipinski definition) is 0. The molecule has 0 aromatic rings. The Morgan fingerprint density at radius 1 is 0.304 bits per heavy atom. The van der Waals surface area contributed by atoms with E-state index < -0.39 is 6.10 Å². The predicted octanol–water partition coefficient (Wildman–Crippen LogP) is 19.8. The lowest BCUT2D eigenvalue weighted by Crippen LogP contribution is -2.30. The second-order valence-electron chi connectivity index (χ2n) is 19.5. The minimum absolute atomic E-state index is 0.0757. The molecule has 0 bridgehead atoms. The lowest BCUT2D eigenvalue weighted by molar-refractivity contribution is -0.167. The van der Waals surface area contributed by atoms with Crippen molar-refractivity contribution in [2.45, 2.75) is 297 Å². The summed E-state index contributed by atoms with van der Waals surface area (Å²) in [6, 6.07) is 0. The summed E-state index contributed by atoms with van der Waals surface area (Å²) >= 11 is 0. The van der Waals surface area contributed by atoms with Crippen LogP contribution < -0.4 is 0 Å². The molecular formula is C63H110O6. The van der Waals surface area contributed by atoms with Gasteiger partial charge in [0.25, 0.3) is 0 Å². The second kappa shape index (κ2) is 57.4. The molecule has 0 radical (unpaired) electrons. The molecular weight excluding hydrogens is 853 g/mol. The third-order valence-corrected chi connectivity index (χ3v) is 12.7. The molecule has 6 nitrogen and oxygen atoms in total. The smallest absolute Gasteiger partial charge is 0.306 e. The van der Waals surface area contributed by atoms with Crippen LogP contribution in [0.1, 0.15) is 290 Å². The van der Waals surface area contributed by atoms with Gasteiger partial charge in [-0.2, -0.15) is 0 Å². The van der Waals surface area contributed by atoms with Gasteiger partial charge in [-0.15, -0.1) is 0 Å². The van der Waals surface area contributed by atoms with E-state index in [-0.39, 0.29) is 31.1 Å². The van der Waals surface area contributed by atoms with Crippen LogP contribution >= 0.6 is 0 Å². The summed E-state index contributed by atoms with van der Waals surface area (Å²) in [6.45, 7) is 6.49. The third-order valence-electron chi connectivity index (χ3n) is 12.7. The van der Waals surface area contributed by atoms with Crippen LogP contribution in [0.25, 0.3) is 0 Å². The molecule has 1 unspecified atom stereocenters. The summed E-state index contributed by atoms with van der Waals surface area (Å²) in [5.74, 6) is -0.881. The van der Waals surface area contributed by atoms with E-state index in [1.165, 1.54) is 161 Å². The number of unbranched alkanes of at least 4 members (excludes halogenated alkanes) is 30. The molecule has 0 aliphatic carbocycles. The predicted molar refractivity (Wildman–Crippen MR) is 298 cm³/mol. The zero-order valence-corrected chi connectivity index (χ0v) is 45.6. The maximum Gasteiger partial charge on any atom is 0.306 e. The van der Waals surface area contributed by atoms with Gasteiger partial charge in [0, 0.05) is 19.3 Å². The van der Waals surface area contributed by atoms with Gasteiger partial charge in [-0.1, -0.05) is 254 Å². The number of carbonyl (C=O) groups is 3. The van der Waals surface area contributed by atoms with Crippen molar-refractivity contribution in [1.29, 1.82) is 0 Å². The Bertz CT molecular complexity index is 1290. The van der Waals surface area contributed by atoms with E-state index in [2.05, 4.69) is 93.7 Å². The van der Waals surface area contributed by atoms with Crippen molar-refractivity contribution in [2.24, 2.45) is 0 Å². The molecule has 0 rings (SSSR count). The average molecular weight is 964 g/mol. The molecule has 0 heterocycles. The quantitative estimate of drug-likeness (QED) is 0.0262. The number of hydrogen-bond acceptors (Lipinski definition) is 6. The number of rotatable bonds is 53. The number of allylic oxidation sites excluding steroid dienone is 12. The number of carbonyl (C=O) groups excluding carboxylic acids is 3. The van der Waals surface area contributed by atoms with Gasteiger partial charge in [0.2, 0.25) is 0 Å². The normalized spacial score (nSPS) is 12.6. The van der Waals surface area contributed by atoms with E-state index in [9.17, 15) is 14.4 Å². The number of ether oxygens (including phenoxy) is 3. The summed E-state index contributed by atoms with van der Waals surface area (Å²) in [4.78, 5) is 38.0. The molecule has 0 aromatic heterocycles. The zero-order chi connectivity index (χ0) is 50.0. The first-order valence-corrected chi connectivity index (χ1v) is 29.4. The van der Waals surface area contributed by atoms with Gasteiger partial charge in [0.15, 0.2) is 6.10 Å². The topological polar surface area (TPSA) is 78.9 Å². The zero-order valence-electron chi connectivity index (χ0n) is 45.6. The summed E-state index contributed by atoms with van der Waals surface area (Å²) in [7, 11) is 0. The van der Waals surface area contributed by atoms with Crippen LogP contribution in [0, 0.1) is 0 Å². The first kappa shape index (κ1) is 65.8. The van der Waals surface area contributed by atoms with E-state index in [0.29, 0.717) is 19.3 Å². The van der Waals surface area contributed by atoms with E-state index >= 15 is 0 Å². The highest BCUT2D eigenvalue weighted by Gasteiger charge is 2.19. The first-order chi connectivity index (χ1) is 34.0. The summed E-state index contributed by atoms with van der Waals surface area (Å²) in [6.07, 6.45) is 73.5. The maximum absolute atomic E-state index is 12.8. The minimum Gasteiger partial charge on any atom is -0.462 e. The van der Waals surface area contributed by atoms with Gasteiger partial charge in [-0.05, 0) is 89.9 Å². The summed E-state index contributed by atoms with van der Waals surface area (Å²) in [5, 5.41) is 0. The van der Waals surface area contributed by atoms with E-state index in [1.807, 2.05) is 0 Å². The van der Waals surface area contributed by atoms with Crippen molar-refractivity contribution >= 4 is 17.9 Å². The van der Waals surface area contributed by atoms with Gasteiger partial charge in [0.05, 0.1) is 0 Å². The highest BCUT2D eigenvalue weighted by molar-refractivity contribution is 5.71. The molecule has 0 N–H and O–H groups in total. The Kier molecular flexibility index (Phi) is 54.8. The molecule has 0 aliphatic heterocycles. The molecule has 0 aromatic carbocycles. The average Bonchev–Trinajstić information content (AvgIpc) is 3.35. The van der Waals surface area contributed by atoms with Gasteiger partial charge in [0.1, 0.15) is 13.2 Å². The first-order valence-electron chi connectivity index (χ1n) is 29.4. The molecule has 398 valence electrons. The standard InChI is InChI=1S/C63H110O6/c1-4-7-10-13-16-18-20-22-24-26-27-28-29-30-31-32-33-34-35-37-38-40-42-44-47-50-53-56-62(65)68-59-60(58-67-61(64)55-52-49-46-15-12-9-6-3)69-63(66)57-54-51-48-45-43-41-39-36-25-23-21-19-17-14-11-8-5-2/h7,10,16,18,22-25,27-28,30-31,60H,4-6,8-9,11-15,17,19-21,26,29,32-59H2,1-3H3/b10-7-,18-16-,24-22-,25-23-,28-27-,31-30-. The van der Waals surface area contributed by atoms with Crippen molar-refractivity contribution in [3.05, 3.63) is 72.9 Å². The van der Waals surface area contributed by atoms with Crippen LogP contribution in [0.2, 0.25) is 0 Å². The molecule has 69 heavy (non-hydrogen) atoms. The maximum atomic E-state index is 12.8. The molecule has 0 fully saturated rings. The SMILES string of the molecule is CC/C=C\C/C=C\C/C=C\C/C=C\C/C=C\CCCCCCCCCCCCCC(=O)OCC(COC(=O)CCCCCCCCC)OC(=O)CCCCCCCCC/C=C\CCCCCCCC. The van der Waals surface area contributed by atoms with Crippen molar-refractivity contribution in [1.82, 2.24) is 0 Å². The van der Waals surface area contributed by atoms with Gasteiger partial charge < -0.3 is 14.2 Å². The van der Waals surface area contributed by atoms with Crippen LogP contribution in [-0.2, 0) is 28.6 Å². The molecule has 6 heteroatoms. The van der Waals surface area contributed by atoms with Gasteiger partial charge >= 0.3 is 17.9 Å². The lowest BCUT2D eigenvalue weighted by atomic mass is 10.0. The van der Waals surface area contributed by atoms with Crippen LogP contribution in [0.5, 0.6) is 0 Å². The van der Waals surface area contributed by atoms with Crippen molar-refractivity contribution in [3.8, 4) is 0 Å². The molecule has 1 atom stereocenters. The lowest BCUT2D eigenvalue weighted by Gasteiger charge is -2.18. The Balaban J connectivity index is 4.15. The monoisotopic (exact) mass is 963 g/mol. The fourth-order valence-corrected chi connectivity index (χ4v) is 8.29. The number of esters is 3. The molecule has 0 saturated carbocycles. The van der Waals surface area contributed by atoms with E-state index in [1.54, 1.807) is 0 Å². The van der Waals surface area contributed by atoms with Crippen LogP contribution in [0.4, 0.5) is 0 Å². The van der Waals surface area contributed by atoms with Crippen molar-refractivity contribution in [3.63, 3.8) is 0 Å². The molecule has 0 amide bonds. The van der Waals surface area contributed by atoms with Crippen molar-refractivity contribution < 1.29 is 28.6 Å². The van der Waals surface area contributed by atoms with E-state index in [0.717, 1.165) is 89.9 Å². The minimum atomic E-state index is -0.775. The second-order valence-corrected chi connectivity index (χ2v) is 19.5. The molecule has 0 aliphatic rings. The third kappa shape index (κ3) is 55.6. The fraction of sp³-hybridized carbons (Fsp3) is 0.762. The fourth-order valence-electron chi connectivity index (χ4n) is 8.29. The summed E-state index contributed by atoms with van der Waals surface area (Å²) in [5.41, 5.74) is 0. The van der Waals surface area contributed by atoms with Gasteiger partial charge in [-0.25, -0.2) is 0 Å². The summed E-state index contributed by atoms with van der Waals surface area (Å²) < 4.78 is 16.8.